The zero-order valence-electron chi connectivity index (χ0n) is 14.1. The third kappa shape index (κ3) is 3.31. The van der Waals surface area contributed by atoms with E-state index in [4.69, 9.17) is 16.7 Å². The van der Waals surface area contributed by atoms with Gasteiger partial charge in [0.25, 0.3) is 0 Å². The second-order valence-electron chi connectivity index (χ2n) is 6.37. The second-order valence-corrected chi connectivity index (χ2v) is 6.80. The molecule has 0 N–H and O–H groups in total. The minimum absolute atomic E-state index is 0.176. The Hall–Kier alpha value is -2.58. The van der Waals surface area contributed by atoms with Gasteiger partial charge in [-0.15, -0.1) is 0 Å². The summed E-state index contributed by atoms with van der Waals surface area (Å²) in [5.74, 6) is 0. The van der Waals surface area contributed by atoms with Crippen molar-refractivity contribution in [2.45, 2.75) is 19.4 Å². The Balaban J connectivity index is 1.75. The van der Waals surface area contributed by atoms with Crippen LogP contribution < -0.4 is 5.01 Å². The first-order valence-electron chi connectivity index (χ1n) is 8.45. The van der Waals surface area contributed by atoms with Crippen LogP contribution in [0.5, 0.6) is 0 Å². The Labute approximate surface area is 153 Å². The van der Waals surface area contributed by atoms with Crippen LogP contribution >= 0.6 is 11.6 Å². The van der Waals surface area contributed by atoms with Crippen molar-refractivity contribution in [3.63, 3.8) is 0 Å². The van der Waals surface area contributed by atoms with Crippen molar-refractivity contribution in [1.29, 1.82) is 0 Å². The molecule has 3 aromatic rings. The molecule has 1 aliphatic rings. The predicted octanol–water partition coefficient (Wildman–Crippen LogP) is 6.00. The lowest BCUT2D eigenvalue weighted by Crippen LogP contribution is -2.18. The fraction of sp³-hybridized carbons (Fsp3) is 0.136. The first-order chi connectivity index (χ1) is 12.2. The highest BCUT2D eigenvalue weighted by atomic mass is 35.5. The number of anilines is 1. The standard InChI is InChI=1S/C22H19ClN2/c1-16-6-5-7-18(14-16)21-15-22(17-10-12-19(23)13-11-17)25(24-21)20-8-3-2-4-9-20/h2-14,22H,15H2,1H3/t22-/m0/s1. The summed E-state index contributed by atoms with van der Waals surface area (Å²) in [6.45, 7) is 2.12. The van der Waals surface area contributed by atoms with Crippen LogP contribution in [0.3, 0.4) is 0 Å². The molecule has 1 atom stereocenters. The molecule has 3 aromatic carbocycles. The molecule has 1 heterocycles. The Kier molecular flexibility index (Phi) is 4.29. The van der Waals surface area contributed by atoms with Crippen molar-refractivity contribution in [3.05, 3.63) is 101 Å². The molecule has 0 radical (unpaired) electrons. The van der Waals surface area contributed by atoms with Crippen LogP contribution in [-0.2, 0) is 0 Å². The van der Waals surface area contributed by atoms with Gasteiger partial charge in [0.2, 0.25) is 0 Å². The van der Waals surface area contributed by atoms with Gasteiger partial charge in [-0.1, -0.05) is 71.8 Å². The van der Waals surface area contributed by atoms with E-state index in [9.17, 15) is 0 Å². The van der Waals surface area contributed by atoms with Gasteiger partial charge in [0, 0.05) is 11.4 Å². The van der Waals surface area contributed by atoms with Gasteiger partial charge in [0.15, 0.2) is 0 Å². The van der Waals surface area contributed by atoms with E-state index < -0.39 is 0 Å². The molecular weight excluding hydrogens is 328 g/mol. The summed E-state index contributed by atoms with van der Waals surface area (Å²) in [4.78, 5) is 0. The average molecular weight is 347 g/mol. The Bertz CT molecular complexity index is 901. The zero-order valence-corrected chi connectivity index (χ0v) is 14.8. The van der Waals surface area contributed by atoms with Crippen molar-refractivity contribution in [2.24, 2.45) is 5.10 Å². The van der Waals surface area contributed by atoms with E-state index in [0.717, 1.165) is 22.8 Å². The van der Waals surface area contributed by atoms with Crippen LogP contribution in [0.1, 0.15) is 29.2 Å². The van der Waals surface area contributed by atoms with E-state index in [1.165, 1.54) is 16.7 Å². The number of benzene rings is 3. The second kappa shape index (κ2) is 6.73. The molecule has 0 aromatic heterocycles. The van der Waals surface area contributed by atoms with Gasteiger partial charge < -0.3 is 0 Å². The summed E-state index contributed by atoms with van der Waals surface area (Å²) in [7, 11) is 0. The Morgan fingerprint density at radius 1 is 0.920 bits per heavy atom. The monoisotopic (exact) mass is 346 g/mol. The number of aryl methyl sites for hydroxylation is 1. The summed E-state index contributed by atoms with van der Waals surface area (Å²) in [6, 6.07) is 27.1. The van der Waals surface area contributed by atoms with E-state index >= 15 is 0 Å². The van der Waals surface area contributed by atoms with Crippen LogP contribution in [0.4, 0.5) is 5.69 Å². The van der Waals surface area contributed by atoms with Crippen LogP contribution in [0, 0.1) is 6.92 Å². The van der Waals surface area contributed by atoms with Gasteiger partial charge in [-0.25, -0.2) is 0 Å². The quantitative estimate of drug-likeness (QED) is 0.567. The van der Waals surface area contributed by atoms with Gasteiger partial charge in [-0.3, -0.25) is 5.01 Å². The number of hydrazone groups is 1. The molecule has 3 heteroatoms. The van der Waals surface area contributed by atoms with Crippen molar-refractivity contribution in [1.82, 2.24) is 0 Å². The lowest BCUT2D eigenvalue weighted by molar-refractivity contribution is 0.709. The number of rotatable bonds is 3. The first-order valence-corrected chi connectivity index (χ1v) is 8.83. The molecule has 0 aliphatic carbocycles. The first kappa shape index (κ1) is 15.9. The molecule has 4 rings (SSSR count). The maximum atomic E-state index is 6.07. The summed E-state index contributed by atoms with van der Waals surface area (Å²) in [5, 5.41) is 7.85. The number of para-hydroxylation sites is 1. The van der Waals surface area contributed by atoms with E-state index in [0.29, 0.717) is 0 Å². The molecule has 0 spiro atoms. The van der Waals surface area contributed by atoms with E-state index in [-0.39, 0.29) is 6.04 Å². The highest BCUT2D eigenvalue weighted by Gasteiger charge is 2.29. The molecule has 2 nitrogen and oxygen atoms in total. The van der Waals surface area contributed by atoms with Gasteiger partial charge in [-0.05, 0) is 42.3 Å². The fourth-order valence-electron chi connectivity index (χ4n) is 3.27. The number of hydrogen-bond donors (Lipinski definition) is 0. The highest BCUT2D eigenvalue weighted by Crippen LogP contribution is 2.36. The summed E-state index contributed by atoms with van der Waals surface area (Å²) in [6.07, 6.45) is 0.875. The Morgan fingerprint density at radius 2 is 1.68 bits per heavy atom. The van der Waals surface area contributed by atoms with Crippen molar-refractivity contribution >= 4 is 23.0 Å². The van der Waals surface area contributed by atoms with Gasteiger partial charge in [0.05, 0.1) is 17.4 Å². The fourth-order valence-corrected chi connectivity index (χ4v) is 3.40. The largest absolute Gasteiger partial charge is 0.257 e. The van der Waals surface area contributed by atoms with E-state index in [1.54, 1.807) is 0 Å². The highest BCUT2D eigenvalue weighted by molar-refractivity contribution is 6.30. The Morgan fingerprint density at radius 3 is 2.40 bits per heavy atom. The minimum atomic E-state index is 0.176. The number of nitrogens with zero attached hydrogens (tertiary/aromatic N) is 2. The molecule has 0 saturated heterocycles. The molecule has 0 unspecified atom stereocenters. The van der Waals surface area contributed by atoms with Crippen LogP contribution in [-0.4, -0.2) is 5.71 Å². The van der Waals surface area contributed by atoms with E-state index in [2.05, 4.69) is 72.6 Å². The van der Waals surface area contributed by atoms with Crippen molar-refractivity contribution in [3.8, 4) is 0 Å². The molecule has 0 fully saturated rings. The zero-order chi connectivity index (χ0) is 17.2. The van der Waals surface area contributed by atoms with Crippen LogP contribution in [0.2, 0.25) is 5.02 Å². The number of hydrogen-bond acceptors (Lipinski definition) is 2. The van der Waals surface area contributed by atoms with E-state index in [1.807, 2.05) is 18.2 Å². The summed E-state index contributed by atoms with van der Waals surface area (Å²) in [5.41, 5.74) is 5.89. The van der Waals surface area contributed by atoms with Crippen LogP contribution in [0.15, 0.2) is 84.0 Å². The average Bonchev–Trinajstić information content (AvgIpc) is 3.08. The maximum Gasteiger partial charge on any atom is 0.0831 e. The normalized spacial score (nSPS) is 16.8. The topological polar surface area (TPSA) is 15.6 Å². The maximum absolute atomic E-state index is 6.07. The molecule has 0 bridgehead atoms. The molecular formula is C22H19ClN2. The summed E-state index contributed by atoms with van der Waals surface area (Å²) >= 11 is 6.07. The molecule has 0 amide bonds. The van der Waals surface area contributed by atoms with Crippen molar-refractivity contribution in [2.75, 3.05) is 5.01 Å². The van der Waals surface area contributed by atoms with Crippen LogP contribution in [0.25, 0.3) is 0 Å². The third-order valence-electron chi connectivity index (χ3n) is 4.54. The molecule has 124 valence electrons. The SMILES string of the molecule is Cc1cccc(C2=NN(c3ccccc3)[C@H](c3ccc(Cl)cc3)C2)c1. The molecule has 0 saturated carbocycles. The lowest BCUT2D eigenvalue weighted by Gasteiger charge is -2.24. The van der Waals surface area contributed by atoms with Crippen molar-refractivity contribution < 1.29 is 0 Å². The third-order valence-corrected chi connectivity index (χ3v) is 4.79. The van der Waals surface area contributed by atoms with Gasteiger partial charge in [-0.2, -0.15) is 5.10 Å². The summed E-state index contributed by atoms with van der Waals surface area (Å²) < 4.78 is 0. The predicted molar refractivity (Wildman–Crippen MR) is 105 cm³/mol. The smallest absolute Gasteiger partial charge is 0.0831 e. The molecule has 25 heavy (non-hydrogen) atoms. The van der Waals surface area contributed by atoms with Gasteiger partial charge in [0.1, 0.15) is 0 Å². The number of halogens is 1. The molecule has 1 aliphatic heterocycles. The van der Waals surface area contributed by atoms with Gasteiger partial charge >= 0.3 is 0 Å². The lowest BCUT2D eigenvalue weighted by atomic mass is 9.97. The minimum Gasteiger partial charge on any atom is -0.257 e.